The van der Waals surface area contributed by atoms with Gasteiger partial charge >= 0.3 is 0 Å². The summed E-state index contributed by atoms with van der Waals surface area (Å²) in [6.45, 7) is 2.14. The lowest BCUT2D eigenvalue weighted by atomic mass is 9.77. The van der Waals surface area contributed by atoms with Crippen LogP contribution in [0.3, 0.4) is 0 Å². The summed E-state index contributed by atoms with van der Waals surface area (Å²) in [5, 5.41) is 5.89. The first-order valence-electron chi connectivity index (χ1n) is 10.3. The summed E-state index contributed by atoms with van der Waals surface area (Å²) in [6.07, 6.45) is 5.43. The van der Waals surface area contributed by atoms with Crippen molar-refractivity contribution in [2.24, 2.45) is 10.3 Å². The third-order valence-electron chi connectivity index (χ3n) is 6.05. The molecule has 4 rings (SSSR count). The van der Waals surface area contributed by atoms with Crippen molar-refractivity contribution in [2.45, 2.75) is 56.4 Å². The van der Waals surface area contributed by atoms with Crippen LogP contribution in [0.5, 0.6) is 0 Å². The van der Waals surface area contributed by atoms with Crippen molar-refractivity contribution in [3.63, 3.8) is 0 Å². The summed E-state index contributed by atoms with van der Waals surface area (Å²) in [6, 6.07) is 8.47. The molecule has 2 aromatic carbocycles. The summed E-state index contributed by atoms with van der Waals surface area (Å²) in [4.78, 5) is -0.0159. The Hall–Kier alpha value is -2.48. The number of hydrogen-bond donors (Lipinski definition) is 2. The van der Waals surface area contributed by atoms with Crippen molar-refractivity contribution in [1.29, 1.82) is 0 Å². The molecule has 5 nitrogen and oxygen atoms in total. The number of sulfonamides is 1. The van der Waals surface area contributed by atoms with Gasteiger partial charge in [0.25, 0.3) is 10.0 Å². The highest BCUT2D eigenvalue weighted by Gasteiger charge is 2.33. The van der Waals surface area contributed by atoms with Crippen LogP contribution in [0, 0.1) is 17.6 Å². The van der Waals surface area contributed by atoms with Crippen LogP contribution in [-0.4, -0.2) is 14.4 Å². The summed E-state index contributed by atoms with van der Waals surface area (Å²) in [5.74, 6) is -0.593. The number of fused-ring (bicyclic) bond motifs is 1. The summed E-state index contributed by atoms with van der Waals surface area (Å²) in [5.41, 5.74) is 1.28. The van der Waals surface area contributed by atoms with E-state index in [2.05, 4.69) is 15.0 Å². The molecule has 0 saturated heterocycles. The fourth-order valence-corrected chi connectivity index (χ4v) is 5.56. The van der Waals surface area contributed by atoms with Gasteiger partial charge in [-0.2, -0.15) is 8.42 Å². The fourth-order valence-electron chi connectivity index (χ4n) is 4.45. The maximum atomic E-state index is 14.9. The predicted molar refractivity (Wildman–Crippen MR) is 113 cm³/mol. The zero-order chi connectivity index (χ0) is 21.3. The van der Waals surface area contributed by atoms with Crippen molar-refractivity contribution in [1.82, 2.24) is 5.32 Å². The molecule has 2 aliphatic rings. The van der Waals surface area contributed by atoms with Crippen LogP contribution in [0.1, 0.15) is 56.1 Å². The van der Waals surface area contributed by atoms with Gasteiger partial charge in [-0.1, -0.05) is 38.3 Å². The molecule has 160 valence electrons. The molecule has 1 aliphatic heterocycles. The number of anilines is 1. The second-order valence-electron chi connectivity index (χ2n) is 8.04. The number of hydrogen-bond acceptors (Lipinski definition) is 4. The number of benzene rings is 2. The normalized spacial score (nSPS) is 19.4. The molecule has 0 unspecified atom stereocenters. The number of rotatable bonds is 4. The van der Waals surface area contributed by atoms with Gasteiger partial charge in [0.15, 0.2) is 0 Å². The summed E-state index contributed by atoms with van der Waals surface area (Å²) < 4.78 is 57.6. The van der Waals surface area contributed by atoms with E-state index in [9.17, 15) is 17.2 Å². The highest BCUT2D eigenvalue weighted by molar-refractivity contribution is 7.90. The van der Waals surface area contributed by atoms with Crippen LogP contribution in [0.25, 0.3) is 0 Å². The van der Waals surface area contributed by atoms with Crippen LogP contribution < -0.4 is 10.6 Å². The van der Waals surface area contributed by atoms with E-state index in [0.717, 1.165) is 25.7 Å². The minimum absolute atomic E-state index is 0.00875. The molecular weight excluding hydrogens is 408 g/mol. The summed E-state index contributed by atoms with van der Waals surface area (Å²) in [7, 11) is -3.99. The number of guanidine groups is 1. The van der Waals surface area contributed by atoms with Crippen molar-refractivity contribution in [2.75, 3.05) is 5.32 Å². The van der Waals surface area contributed by atoms with E-state index in [1.165, 1.54) is 30.7 Å². The Bertz CT molecular complexity index is 1080. The third-order valence-corrected chi connectivity index (χ3v) is 7.37. The van der Waals surface area contributed by atoms with Gasteiger partial charge < -0.3 is 10.6 Å². The molecule has 0 aromatic heterocycles. The molecule has 0 amide bonds. The minimum atomic E-state index is -3.99. The molecule has 1 fully saturated rings. The second kappa shape index (κ2) is 8.34. The maximum absolute atomic E-state index is 14.9. The van der Waals surface area contributed by atoms with Crippen molar-refractivity contribution in [3.05, 3.63) is 59.2 Å². The van der Waals surface area contributed by atoms with Gasteiger partial charge in [0.2, 0.25) is 5.96 Å². The molecule has 0 bridgehead atoms. The lowest BCUT2D eigenvalue weighted by Crippen LogP contribution is -2.35. The first-order chi connectivity index (χ1) is 14.3. The highest BCUT2D eigenvalue weighted by atomic mass is 32.2. The Balaban J connectivity index is 1.64. The van der Waals surface area contributed by atoms with Gasteiger partial charge in [-0.15, -0.1) is 4.40 Å². The lowest BCUT2D eigenvalue weighted by molar-refractivity contribution is 0.312. The van der Waals surface area contributed by atoms with E-state index in [1.807, 2.05) is 6.92 Å². The lowest BCUT2D eigenvalue weighted by Gasteiger charge is -2.31. The van der Waals surface area contributed by atoms with Crippen LogP contribution in [0.2, 0.25) is 0 Å². The van der Waals surface area contributed by atoms with Crippen LogP contribution in [0.15, 0.2) is 45.7 Å². The third kappa shape index (κ3) is 4.19. The summed E-state index contributed by atoms with van der Waals surface area (Å²) >= 11 is 0. The first kappa shape index (κ1) is 20.8. The van der Waals surface area contributed by atoms with Gasteiger partial charge in [-0.3, -0.25) is 0 Å². The molecule has 1 aliphatic carbocycles. The molecule has 1 saturated carbocycles. The maximum Gasteiger partial charge on any atom is 0.287 e. The van der Waals surface area contributed by atoms with Gasteiger partial charge in [-0.25, -0.2) is 8.78 Å². The number of nitrogens with zero attached hydrogens (tertiary/aromatic N) is 1. The van der Waals surface area contributed by atoms with Gasteiger partial charge in [0.05, 0.1) is 5.69 Å². The van der Waals surface area contributed by atoms with Crippen molar-refractivity contribution < 1.29 is 17.2 Å². The smallest absolute Gasteiger partial charge is 0.287 e. The monoisotopic (exact) mass is 433 g/mol. The van der Waals surface area contributed by atoms with Crippen LogP contribution >= 0.6 is 0 Å². The van der Waals surface area contributed by atoms with E-state index in [1.54, 1.807) is 12.1 Å². The Morgan fingerprint density at radius 2 is 1.93 bits per heavy atom. The quantitative estimate of drug-likeness (QED) is 0.719. The van der Waals surface area contributed by atoms with Crippen molar-refractivity contribution >= 4 is 21.7 Å². The van der Waals surface area contributed by atoms with Gasteiger partial charge in [-0.05, 0) is 54.5 Å². The van der Waals surface area contributed by atoms with Crippen LogP contribution in [0.4, 0.5) is 14.5 Å². The fraction of sp³-hybridized carbons (Fsp3) is 0.409. The average molecular weight is 434 g/mol. The zero-order valence-corrected chi connectivity index (χ0v) is 17.6. The predicted octanol–water partition coefficient (Wildman–Crippen LogP) is 4.91. The van der Waals surface area contributed by atoms with E-state index in [-0.39, 0.29) is 34.8 Å². The molecular formula is C22H25F2N3O2S. The van der Waals surface area contributed by atoms with Gasteiger partial charge in [0.1, 0.15) is 16.5 Å². The topological polar surface area (TPSA) is 70.6 Å². The van der Waals surface area contributed by atoms with E-state index < -0.39 is 15.8 Å². The molecule has 1 atom stereocenters. The Morgan fingerprint density at radius 1 is 1.17 bits per heavy atom. The van der Waals surface area contributed by atoms with E-state index >= 15 is 0 Å². The molecule has 8 heteroatoms. The molecule has 30 heavy (non-hydrogen) atoms. The number of halogens is 2. The molecule has 0 radical (unpaired) electrons. The van der Waals surface area contributed by atoms with Gasteiger partial charge in [0, 0.05) is 12.1 Å². The van der Waals surface area contributed by atoms with E-state index in [4.69, 9.17) is 0 Å². The van der Waals surface area contributed by atoms with Crippen molar-refractivity contribution in [3.8, 4) is 0 Å². The Labute approximate surface area is 175 Å². The molecule has 0 spiro atoms. The first-order valence-corrected chi connectivity index (χ1v) is 11.7. The Kier molecular flexibility index (Phi) is 5.77. The Morgan fingerprint density at radius 3 is 2.67 bits per heavy atom. The molecule has 2 aromatic rings. The largest absolute Gasteiger partial charge is 0.351 e. The highest BCUT2D eigenvalue weighted by Crippen LogP contribution is 2.42. The number of nitrogens with one attached hydrogen (secondary N) is 2. The van der Waals surface area contributed by atoms with E-state index in [0.29, 0.717) is 17.0 Å². The molecule has 1 heterocycles. The average Bonchev–Trinajstić information content (AvgIpc) is 2.72. The minimum Gasteiger partial charge on any atom is -0.351 e. The second-order valence-corrected chi connectivity index (χ2v) is 9.62. The standard InChI is InChI=1S/C22H25F2N3O2S/c1-14(16-7-3-2-4-8-16)20-18(24)10-11-19-21(20)26-22(27-30(19,28)29)25-13-15-6-5-9-17(23)12-15/h5-6,9-12,14,16H,2-4,7-8,13H2,1H3,(H2,25,26,27)/t14-/m1/s1. The van der Waals surface area contributed by atoms with Crippen LogP contribution in [-0.2, 0) is 16.6 Å². The SMILES string of the molecule is C[C@@H](c1c(F)ccc2c1NC(NCc1cccc(F)c1)=NS2(=O)=O)C1CCCCC1. The zero-order valence-electron chi connectivity index (χ0n) is 16.8. The molecule has 2 N–H and O–H groups in total.